The summed E-state index contributed by atoms with van der Waals surface area (Å²) in [5.41, 5.74) is 3.39. The van der Waals surface area contributed by atoms with Gasteiger partial charge in [-0.2, -0.15) is 5.26 Å². The van der Waals surface area contributed by atoms with Gasteiger partial charge in [-0.3, -0.25) is 4.98 Å². The Morgan fingerprint density at radius 2 is 1.67 bits per heavy atom. The number of anilines is 2. The van der Waals surface area contributed by atoms with Gasteiger partial charge in [-0.25, -0.2) is 4.98 Å². The van der Waals surface area contributed by atoms with E-state index in [2.05, 4.69) is 26.9 Å². The first kappa shape index (κ1) is 19.5. The lowest BCUT2D eigenvalue weighted by Gasteiger charge is -2.36. The Kier molecular flexibility index (Phi) is 5.66. The van der Waals surface area contributed by atoms with Gasteiger partial charge in [0.1, 0.15) is 5.82 Å². The number of hydrogen-bond acceptors (Lipinski definition) is 7. The minimum absolute atomic E-state index is 0.614. The average Bonchev–Trinajstić information content (AvgIpc) is 2.83. The zero-order chi connectivity index (χ0) is 20.9. The lowest BCUT2D eigenvalue weighted by atomic mass is 10.1. The Balaban J connectivity index is 1.48. The molecule has 0 N–H and O–H groups in total. The molecule has 0 saturated carbocycles. The number of aromatic nitrogens is 2. The maximum atomic E-state index is 9.13. The van der Waals surface area contributed by atoms with Crippen molar-refractivity contribution in [1.29, 1.82) is 5.26 Å². The number of ether oxygens (including phenoxy) is 2. The summed E-state index contributed by atoms with van der Waals surface area (Å²) >= 11 is 0. The highest BCUT2D eigenvalue weighted by atomic mass is 16.5. The van der Waals surface area contributed by atoms with Gasteiger partial charge in [0, 0.05) is 43.5 Å². The minimum Gasteiger partial charge on any atom is -0.493 e. The van der Waals surface area contributed by atoms with Crippen LogP contribution in [0.2, 0.25) is 0 Å². The summed E-state index contributed by atoms with van der Waals surface area (Å²) in [5.74, 6) is 2.31. The molecular formula is C23H23N5O2. The molecule has 1 aliphatic heterocycles. The van der Waals surface area contributed by atoms with Gasteiger partial charge in [0.2, 0.25) is 0 Å². The number of rotatable bonds is 5. The van der Waals surface area contributed by atoms with Gasteiger partial charge >= 0.3 is 0 Å². The van der Waals surface area contributed by atoms with Crippen LogP contribution in [0.3, 0.4) is 0 Å². The summed E-state index contributed by atoms with van der Waals surface area (Å²) in [7, 11) is 3.29. The second kappa shape index (κ2) is 8.70. The standard InChI is InChI=1S/C23H23N5O2/c1-29-21-7-6-19(13-22(21)30-2)27-8-10-28(11-9-27)23-16-25-15-20(26-23)18-5-3-4-17(12-18)14-24/h3-7,12-13,15-16H,8-11H2,1-2H3. The Labute approximate surface area is 176 Å². The summed E-state index contributed by atoms with van der Waals surface area (Å²) in [4.78, 5) is 13.7. The van der Waals surface area contributed by atoms with Crippen LogP contribution in [0.1, 0.15) is 5.56 Å². The summed E-state index contributed by atoms with van der Waals surface area (Å²) < 4.78 is 10.8. The van der Waals surface area contributed by atoms with E-state index >= 15 is 0 Å². The third kappa shape index (κ3) is 3.98. The molecule has 2 aromatic carbocycles. The molecule has 4 rings (SSSR count). The van der Waals surface area contributed by atoms with Crippen molar-refractivity contribution in [3.63, 3.8) is 0 Å². The van der Waals surface area contributed by atoms with Gasteiger partial charge in [0.25, 0.3) is 0 Å². The van der Waals surface area contributed by atoms with E-state index in [9.17, 15) is 0 Å². The van der Waals surface area contributed by atoms with Crippen molar-refractivity contribution in [3.05, 3.63) is 60.4 Å². The summed E-state index contributed by atoms with van der Waals surface area (Å²) in [6.07, 6.45) is 3.53. The fourth-order valence-electron chi connectivity index (χ4n) is 3.61. The van der Waals surface area contributed by atoms with Crippen LogP contribution in [0, 0.1) is 11.3 Å². The van der Waals surface area contributed by atoms with Crippen LogP contribution in [0.25, 0.3) is 11.3 Å². The van der Waals surface area contributed by atoms with Crippen molar-refractivity contribution >= 4 is 11.5 Å². The van der Waals surface area contributed by atoms with Gasteiger partial charge in [-0.15, -0.1) is 0 Å². The van der Waals surface area contributed by atoms with Crippen molar-refractivity contribution < 1.29 is 9.47 Å². The smallest absolute Gasteiger partial charge is 0.162 e. The Morgan fingerprint density at radius 1 is 0.900 bits per heavy atom. The Hall–Kier alpha value is -3.79. The molecule has 2 heterocycles. The van der Waals surface area contributed by atoms with E-state index in [-0.39, 0.29) is 0 Å². The van der Waals surface area contributed by atoms with Crippen molar-refractivity contribution in [1.82, 2.24) is 9.97 Å². The fourth-order valence-corrected chi connectivity index (χ4v) is 3.61. The van der Waals surface area contributed by atoms with Crippen molar-refractivity contribution in [2.24, 2.45) is 0 Å². The second-order valence-corrected chi connectivity index (χ2v) is 6.97. The highest BCUT2D eigenvalue weighted by molar-refractivity contribution is 5.63. The molecule has 0 bridgehead atoms. The fraction of sp³-hybridized carbons (Fsp3) is 0.261. The monoisotopic (exact) mass is 401 g/mol. The van der Waals surface area contributed by atoms with E-state index in [4.69, 9.17) is 19.7 Å². The minimum atomic E-state index is 0.614. The summed E-state index contributed by atoms with van der Waals surface area (Å²) in [5, 5.41) is 9.13. The molecule has 1 aromatic heterocycles. The molecule has 7 nitrogen and oxygen atoms in total. The Morgan fingerprint density at radius 3 is 2.40 bits per heavy atom. The van der Waals surface area contributed by atoms with E-state index < -0.39 is 0 Å². The third-order valence-electron chi connectivity index (χ3n) is 5.25. The summed E-state index contributed by atoms with van der Waals surface area (Å²) in [6.45, 7) is 3.41. The zero-order valence-electron chi connectivity index (χ0n) is 17.1. The van der Waals surface area contributed by atoms with Gasteiger partial charge < -0.3 is 19.3 Å². The van der Waals surface area contributed by atoms with Crippen LogP contribution in [-0.2, 0) is 0 Å². The van der Waals surface area contributed by atoms with Crippen molar-refractivity contribution in [2.45, 2.75) is 0 Å². The molecule has 3 aromatic rings. The third-order valence-corrected chi connectivity index (χ3v) is 5.25. The van der Waals surface area contributed by atoms with Crippen LogP contribution in [0.4, 0.5) is 11.5 Å². The van der Waals surface area contributed by atoms with Gasteiger partial charge in [0.15, 0.2) is 11.5 Å². The van der Waals surface area contributed by atoms with Crippen LogP contribution < -0.4 is 19.3 Å². The van der Waals surface area contributed by atoms with E-state index in [1.54, 1.807) is 32.7 Å². The van der Waals surface area contributed by atoms with Crippen molar-refractivity contribution in [3.8, 4) is 28.8 Å². The second-order valence-electron chi connectivity index (χ2n) is 6.97. The first-order chi connectivity index (χ1) is 14.7. The number of benzene rings is 2. The van der Waals surface area contributed by atoms with E-state index in [1.807, 2.05) is 30.3 Å². The number of methoxy groups -OCH3 is 2. The highest BCUT2D eigenvalue weighted by Crippen LogP contribution is 2.32. The van der Waals surface area contributed by atoms with E-state index in [0.29, 0.717) is 5.56 Å². The van der Waals surface area contributed by atoms with Gasteiger partial charge in [-0.05, 0) is 24.3 Å². The molecular weight excluding hydrogens is 378 g/mol. The quantitative estimate of drug-likeness (QED) is 0.649. The topological polar surface area (TPSA) is 74.5 Å². The van der Waals surface area contributed by atoms with Gasteiger partial charge in [-0.1, -0.05) is 12.1 Å². The maximum Gasteiger partial charge on any atom is 0.162 e. The first-order valence-electron chi connectivity index (χ1n) is 9.76. The largest absolute Gasteiger partial charge is 0.493 e. The Bertz CT molecular complexity index is 1070. The van der Waals surface area contributed by atoms with E-state index in [0.717, 1.165) is 60.4 Å². The first-order valence-corrected chi connectivity index (χ1v) is 9.76. The lowest BCUT2D eigenvalue weighted by Crippen LogP contribution is -2.46. The lowest BCUT2D eigenvalue weighted by molar-refractivity contribution is 0.355. The van der Waals surface area contributed by atoms with Gasteiger partial charge in [0.05, 0.1) is 43.9 Å². The molecule has 0 atom stereocenters. The number of piperazine rings is 1. The SMILES string of the molecule is COc1ccc(N2CCN(c3cncc(-c4cccc(C#N)c4)n3)CC2)cc1OC. The van der Waals surface area contributed by atoms with Crippen LogP contribution >= 0.6 is 0 Å². The van der Waals surface area contributed by atoms with Crippen molar-refractivity contribution in [2.75, 3.05) is 50.2 Å². The molecule has 30 heavy (non-hydrogen) atoms. The predicted molar refractivity (Wildman–Crippen MR) is 116 cm³/mol. The number of hydrogen-bond donors (Lipinski definition) is 0. The molecule has 1 fully saturated rings. The zero-order valence-corrected chi connectivity index (χ0v) is 17.1. The van der Waals surface area contributed by atoms with Crippen LogP contribution in [0.15, 0.2) is 54.9 Å². The normalized spacial score (nSPS) is 13.6. The molecule has 7 heteroatoms. The predicted octanol–water partition coefficient (Wildman–Crippen LogP) is 3.36. The molecule has 0 amide bonds. The maximum absolute atomic E-state index is 9.13. The molecule has 152 valence electrons. The van der Waals surface area contributed by atoms with Crippen LogP contribution in [0.5, 0.6) is 11.5 Å². The summed E-state index contributed by atoms with van der Waals surface area (Å²) in [6, 6.07) is 15.6. The molecule has 1 aliphatic rings. The van der Waals surface area contributed by atoms with E-state index in [1.165, 1.54) is 0 Å². The van der Waals surface area contributed by atoms with Crippen LogP contribution in [-0.4, -0.2) is 50.4 Å². The molecule has 1 saturated heterocycles. The molecule has 0 unspecified atom stereocenters. The molecule has 0 spiro atoms. The number of nitrogens with zero attached hydrogens (tertiary/aromatic N) is 5. The number of nitriles is 1. The average molecular weight is 401 g/mol. The molecule has 0 radical (unpaired) electrons. The molecule has 0 aliphatic carbocycles. The highest BCUT2D eigenvalue weighted by Gasteiger charge is 2.20.